The number of rotatable bonds is 8. The van der Waals surface area contributed by atoms with E-state index in [1.54, 1.807) is 6.07 Å². The van der Waals surface area contributed by atoms with Crippen molar-refractivity contribution in [1.82, 2.24) is 5.32 Å². The van der Waals surface area contributed by atoms with Crippen molar-refractivity contribution in [3.63, 3.8) is 0 Å². The van der Waals surface area contributed by atoms with Gasteiger partial charge in [-0.3, -0.25) is 0 Å². The Kier molecular flexibility index (Phi) is 6.52. The van der Waals surface area contributed by atoms with Gasteiger partial charge in [-0.1, -0.05) is 44.7 Å². The van der Waals surface area contributed by atoms with E-state index in [1.807, 2.05) is 12.1 Å². The van der Waals surface area contributed by atoms with Gasteiger partial charge >= 0.3 is 0 Å². The lowest BCUT2D eigenvalue weighted by molar-refractivity contribution is 0.402. The van der Waals surface area contributed by atoms with Gasteiger partial charge in [0.1, 0.15) is 5.82 Å². The van der Waals surface area contributed by atoms with Gasteiger partial charge in [0, 0.05) is 6.04 Å². The molecule has 1 aromatic carbocycles. The van der Waals surface area contributed by atoms with Gasteiger partial charge in [0.2, 0.25) is 0 Å². The number of hydrogen-bond donors (Lipinski definition) is 1. The van der Waals surface area contributed by atoms with Crippen molar-refractivity contribution in [3.05, 3.63) is 35.6 Å². The molecule has 0 heterocycles. The lowest BCUT2D eigenvalue weighted by Gasteiger charge is -2.20. The van der Waals surface area contributed by atoms with Crippen molar-refractivity contribution in [2.45, 2.75) is 64.3 Å². The van der Waals surface area contributed by atoms with Gasteiger partial charge in [0.15, 0.2) is 0 Å². The van der Waals surface area contributed by atoms with E-state index >= 15 is 0 Å². The van der Waals surface area contributed by atoms with Gasteiger partial charge in [0.25, 0.3) is 0 Å². The summed E-state index contributed by atoms with van der Waals surface area (Å²) >= 11 is 0. The van der Waals surface area contributed by atoms with E-state index in [0.29, 0.717) is 6.04 Å². The van der Waals surface area contributed by atoms with Crippen LogP contribution in [0.3, 0.4) is 0 Å². The fourth-order valence-corrected chi connectivity index (χ4v) is 3.31. The van der Waals surface area contributed by atoms with Crippen molar-refractivity contribution in [2.75, 3.05) is 6.54 Å². The summed E-state index contributed by atoms with van der Waals surface area (Å²) in [6.07, 6.45) is 10.3. The Morgan fingerprint density at radius 1 is 1.30 bits per heavy atom. The Morgan fingerprint density at radius 3 is 2.80 bits per heavy atom. The summed E-state index contributed by atoms with van der Waals surface area (Å²) in [5.74, 6) is 0.820. The standard InChI is InChI=1S/C18H28FN/c1-2-12-20-18(11-10-15-6-3-4-7-15)14-16-8-5-9-17(19)13-16/h5,8-9,13,15,18,20H,2-4,6-7,10-12,14H2,1H3. The van der Waals surface area contributed by atoms with Crippen LogP contribution in [0.1, 0.15) is 57.4 Å². The Bertz CT molecular complexity index is 385. The van der Waals surface area contributed by atoms with Crippen LogP contribution in [0.4, 0.5) is 4.39 Å². The normalized spacial score (nSPS) is 17.5. The molecule has 0 amide bonds. The lowest BCUT2D eigenvalue weighted by atomic mass is 9.95. The van der Waals surface area contributed by atoms with E-state index in [9.17, 15) is 4.39 Å². The first kappa shape index (κ1) is 15.5. The van der Waals surface area contributed by atoms with Gasteiger partial charge in [-0.05, 0) is 55.8 Å². The van der Waals surface area contributed by atoms with E-state index in [1.165, 1.54) is 44.6 Å². The van der Waals surface area contributed by atoms with E-state index in [0.717, 1.165) is 30.9 Å². The summed E-state index contributed by atoms with van der Waals surface area (Å²) in [4.78, 5) is 0. The molecule has 0 spiro atoms. The largest absolute Gasteiger partial charge is 0.314 e. The monoisotopic (exact) mass is 277 g/mol. The van der Waals surface area contributed by atoms with Crippen LogP contribution in [0.15, 0.2) is 24.3 Å². The van der Waals surface area contributed by atoms with Crippen LogP contribution in [0.2, 0.25) is 0 Å². The molecule has 1 unspecified atom stereocenters. The highest BCUT2D eigenvalue weighted by atomic mass is 19.1. The minimum Gasteiger partial charge on any atom is -0.314 e. The topological polar surface area (TPSA) is 12.0 Å². The molecule has 1 atom stereocenters. The lowest BCUT2D eigenvalue weighted by Crippen LogP contribution is -2.32. The van der Waals surface area contributed by atoms with Gasteiger partial charge in [-0.25, -0.2) is 4.39 Å². The van der Waals surface area contributed by atoms with Crippen LogP contribution in [0, 0.1) is 11.7 Å². The third-order valence-corrected chi connectivity index (χ3v) is 4.45. The molecule has 0 radical (unpaired) electrons. The predicted octanol–water partition coefficient (Wildman–Crippen LogP) is 4.71. The molecule has 0 bridgehead atoms. The van der Waals surface area contributed by atoms with Crippen LogP contribution in [0.25, 0.3) is 0 Å². The molecule has 2 rings (SSSR count). The molecule has 1 N–H and O–H groups in total. The third-order valence-electron chi connectivity index (χ3n) is 4.45. The number of hydrogen-bond acceptors (Lipinski definition) is 1. The first-order chi connectivity index (χ1) is 9.78. The summed E-state index contributed by atoms with van der Waals surface area (Å²) in [5, 5.41) is 3.64. The molecule has 1 aliphatic carbocycles. The highest BCUT2D eigenvalue weighted by Crippen LogP contribution is 2.29. The SMILES string of the molecule is CCCNC(CCC1CCCC1)Cc1cccc(F)c1. The Balaban J connectivity index is 1.85. The second-order valence-electron chi connectivity index (χ2n) is 6.21. The average molecular weight is 277 g/mol. The first-order valence-corrected chi connectivity index (χ1v) is 8.25. The summed E-state index contributed by atoms with van der Waals surface area (Å²) in [7, 11) is 0. The first-order valence-electron chi connectivity index (χ1n) is 8.25. The summed E-state index contributed by atoms with van der Waals surface area (Å²) in [5.41, 5.74) is 1.12. The summed E-state index contributed by atoms with van der Waals surface area (Å²) < 4.78 is 13.3. The molecular weight excluding hydrogens is 249 g/mol. The van der Waals surface area contributed by atoms with Crippen LogP contribution in [-0.4, -0.2) is 12.6 Å². The molecule has 0 aromatic heterocycles. The Labute approximate surface area is 123 Å². The van der Waals surface area contributed by atoms with E-state index in [4.69, 9.17) is 0 Å². The molecule has 2 heteroatoms. The number of benzene rings is 1. The fraction of sp³-hybridized carbons (Fsp3) is 0.667. The maximum atomic E-state index is 13.3. The second-order valence-corrected chi connectivity index (χ2v) is 6.21. The Hall–Kier alpha value is -0.890. The smallest absolute Gasteiger partial charge is 0.123 e. The van der Waals surface area contributed by atoms with Gasteiger partial charge < -0.3 is 5.32 Å². The van der Waals surface area contributed by atoms with Crippen LogP contribution < -0.4 is 5.32 Å². The third kappa shape index (κ3) is 5.24. The van der Waals surface area contributed by atoms with Gasteiger partial charge in [-0.2, -0.15) is 0 Å². The fourth-order valence-electron chi connectivity index (χ4n) is 3.31. The van der Waals surface area contributed by atoms with Crippen molar-refractivity contribution in [3.8, 4) is 0 Å². The van der Waals surface area contributed by atoms with Crippen LogP contribution >= 0.6 is 0 Å². The minimum atomic E-state index is -0.118. The molecular formula is C18H28FN. The highest BCUT2D eigenvalue weighted by molar-refractivity contribution is 5.17. The highest BCUT2D eigenvalue weighted by Gasteiger charge is 2.17. The second kappa shape index (κ2) is 8.41. The zero-order valence-electron chi connectivity index (χ0n) is 12.7. The predicted molar refractivity (Wildman–Crippen MR) is 83.4 cm³/mol. The molecule has 112 valence electrons. The maximum Gasteiger partial charge on any atom is 0.123 e. The molecule has 1 fully saturated rings. The van der Waals surface area contributed by atoms with Crippen molar-refractivity contribution in [2.24, 2.45) is 5.92 Å². The molecule has 1 aromatic rings. The Morgan fingerprint density at radius 2 is 2.10 bits per heavy atom. The zero-order valence-corrected chi connectivity index (χ0v) is 12.7. The van der Waals surface area contributed by atoms with Crippen LogP contribution in [0.5, 0.6) is 0 Å². The van der Waals surface area contributed by atoms with Gasteiger partial charge in [0.05, 0.1) is 0 Å². The molecule has 1 nitrogen and oxygen atoms in total. The van der Waals surface area contributed by atoms with E-state index < -0.39 is 0 Å². The molecule has 20 heavy (non-hydrogen) atoms. The molecule has 1 aliphatic rings. The molecule has 0 saturated heterocycles. The van der Waals surface area contributed by atoms with Crippen LogP contribution in [-0.2, 0) is 6.42 Å². The number of halogens is 1. The maximum absolute atomic E-state index is 13.3. The summed E-state index contributed by atoms with van der Waals surface area (Å²) in [6.45, 7) is 3.26. The average Bonchev–Trinajstić information content (AvgIpc) is 2.95. The molecule has 1 saturated carbocycles. The zero-order chi connectivity index (χ0) is 14.2. The van der Waals surface area contributed by atoms with E-state index in [-0.39, 0.29) is 5.82 Å². The quantitative estimate of drug-likeness (QED) is 0.726. The van der Waals surface area contributed by atoms with Gasteiger partial charge in [-0.15, -0.1) is 0 Å². The molecule has 0 aliphatic heterocycles. The minimum absolute atomic E-state index is 0.118. The van der Waals surface area contributed by atoms with Crippen molar-refractivity contribution in [1.29, 1.82) is 0 Å². The van der Waals surface area contributed by atoms with E-state index in [2.05, 4.69) is 12.2 Å². The van der Waals surface area contributed by atoms with Crippen molar-refractivity contribution < 1.29 is 4.39 Å². The number of nitrogens with one attached hydrogen (secondary N) is 1. The summed E-state index contributed by atoms with van der Waals surface area (Å²) in [6, 6.07) is 7.56. The van der Waals surface area contributed by atoms with Crippen molar-refractivity contribution >= 4 is 0 Å².